The van der Waals surface area contributed by atoms with Gasteiger partial charge in [-0.3, -0.25) is 9.78 Å². The average Bonchev–Trinajstić information content (AvgIpc) is 2.59. The number of carbonyl (C=O) groups excluding carboxylic acids is 1. The summed E-state index contributed by atoms with van der Waals surface area (Å²) in [5.41, 5.74) is 1.50. The number of aromatic nitrogens is 3. The zero-order valence-electron chi connectivity index (χ0n) is 14.6. The first-order valence-corrected chi connectivity index (χ1v) is 8.41. The van der Waals surface area contributed by atoms with Gasteiger partial charge in [0.05, 0.1) is 0 Å². The van der Waals surface area contributed by atoms with Gasteiger partial charge in [0.15, 0.2) is 0 Å². The Labute approximate surface area is 143 Å². The van der Waals surface area contributed by atoms with E-state index in [9.17, 15) is 4.79 Å². The molecule has 2 aromatic rings. The molecular formula is C18H25N5O. The minimum Gasteiger partial charge on any atom is -0.366 e. The van der Waals surface area contributed by atoms with Gasteiger partial charge in [-0.25, -0.2) is 9.97 Å². The van der Waals surface area contributed by atoms with E-state index in [4.69, 9.17) is 0 Å². The highest BCUT2D eigenvalue weighted by Gasteiger charge is 2.17. The van der Waals surface area contributed by atoms with Crippen LogP contribution >= 0.6 is 0 Å². The van der Waals surface area contributed by atoms with E-state index in [1.165, 1.54) is 0 Å². The smallest absolute Gasteiger partial charge is 0.272 e. The van der Waals surface area contributed by atoms with Crippen molar-refractivity contribution in [2.75, 3.05) is 18.4 Å². The van der Waals surface area contributed by atoms with Gasteiger partial charge in [-0.1, -0.05) is 19.9 Å². The number of aryl methyl sites for hydroxylation is 1. The monoisotopic (exact) mass is 327 g/mol. The molecule has 2 heterocycles. The number of hydrogen-bond acceptors (Lipinski definition) is 5. The van der Waals surface area contributed by atoms with Crippen LogP contribution in [-0.4, -0.2) is 38.8 Å². The van der Waals surface area contributed by atoms with Gasteiger partial charge < -0.3 is 10.2 Å². The van der Waals surface area contributed by atoms with Crippen LogP contribution in [0.1, 0.15) is 48.6 Å². The molecule has 0 aliphatic carbocycles. The predicted octanol–water partition coefficient (Wildman–Crippen LogP) is 3.05. The fourth-order valence-corrected chi connectivity index (χ4v) is 2.48. The Bertz CT molecular complexity index is 654. The molecule has 0 saturated heterocycles. The van der Waals surface area contributed by atoms with Crippen molar-refractivity contribution in [3.8, 4) is 0 Å². The molecule has 0 radical (unpaired) electrons. The first-order valence-electron chi connectivity index (χ1n) is 8.41. The molecule has 0 fully saturated rings. The predicted molar refractivity (Wildman–Crippen MR) is 94.8 cm³/mol. The molecule has 0 atom stereocenters. The number of nitrogens with one attached hydrogen (secondary N) is 1. The SMILES string of the molecule is CCCN(CCC)C(=O)c1cc(NCc2cccnc2)nc(C)n1. The maximum atomic E-state index is 12.7. The second-order valence-corrected chi connectivity index (χ2v) is 5.69. The molecule has 128 valence electrons. The fourth-order valence-electron chi connectivity index (χ4n) is 2.48. The van der Waals surface area contributed by atoms with Crippen molar-refractivity contribution in [3.05, 3.63) is 47.7 Å². The first kappa shape index (κ1) is 17.8. The zero-order chi connectivity index (χ0) is 17.4. The molecule has 0 saturated carbocycles. The lowest BCUT2D eigenvalue weighted by Gasteiger charge is -2.21. The van der Waals surface area contributed by atoms with E-state index in [1.54, 1.807) is 25.4 Å². The van der Waals surface area contributed by atoms with Crippen LogP contribution in [0.5, 0.6) is 0 Å². The van der Waals surface area contributed by atoms with Crippen LogP contribution < -0.4 is 5.32 Å². The third-order valence-corrected chi connectivity index (χ3v) is 3.53. The van der Waals surface area contributed by atoms with E-state index in [1.807, 2.05) is 17.0 Å². The second-order valence-electron chi connectivity index (χ2n) is 5.69. The van der Waals surface area contributed by atoms with E-state index >= 15 is 0 Å². The number of nitrogens with zero attached hydrogens (tertiary/aromatic N) is 4. The molecular weight excluding hydrogens is 302 g/mol. The summed E-state index contributed by atoms with van der Waals surface area (Å²) in [7, 11) is 0. The van der Waals surface area contributed by atoms with Gasteiger partial charge in [0, 0.05) is 38.1 Å². The Morgan fingerprint density at radius 1 is 1.21 bits per heavy atom. The lowest BCUT2D eigenvalue weighted by molar-refractivity contribution is 0.0749. The van der Waals surface area contributed by atoms with Crippen molar-refractivity contribution in [1.29, 1.82) is 0 Å². The third kappa shape index (κ3) is 5.01. The summed E-state index contributed by atoms with van der Waals surface area (Å²) < 4.78 is 0. The van der Waals surface area contributed by atoms with Gasteiger partial charge in [0.25, 0.3) is 5.91 Å². The van der Waals surface area contributed by atoms with Gasteiger partial charge in [-0.15, -0.1) is 0 Å². The highest BCUT2D eigenvalue weighted by Crippen LogP contribution is 2.11. The Morgan fingerprint density at radius 3 is 2.58 bits per heavy atom. The number of amides is 1. The number of hydrogen-bond donors (Lipinski definition) is 1. The Morgan fingerprint density at radius 2 is 1.96 bits per heavy atom. The maximum Gasteiger partial charge on any atom is 0.272 e. The summed E-state index contributed by atoms with van der Waals surface area (Å²) in [5, 5.41) is 3.24. The van der Waals surface area contributed by atoms with Crippen molar-refractivity contribution < 1.29 is 4.79 Å². The van der Waals surface area contributed by atoms with E-state index in [-0.39, 0.29) is 5.91 Å². The number of carbonyl (C=O) groups is 1. The summed E-state index contributed by atoms with van der Waals surface area (Å²) in [6.45, 7) is 8.04. The highest BCUT2D eigenvalue weighted by atomic mass is 16.2. The molecule has 0 spiro atoms. The summed E-state index contributed by atoms with van der Waals surface area (Å²) in [6.07, 6.45) is 5.41. The van der Waals surface area contributed by atoms with Crippen molar-refractivity contribution in [2.45, 2.75) is 40.2 Å². The summed E-state index contributed by atoms with van der Waals surface area (Å²) in [6, 6.07) is 5.61. The van der Waals surface area contributed by atoms with Crippen LogP contribution in [0.25, 0.3) is 0 Å². The van der Waals surface area contributed by atoms with Gasteiger partial charge in [-0.2, -0.15) is 0 Å². The van der Waals surface area contributed by atoms with Gasteiger partial charge in [0.1, 0.15) is 17.3 Å². The molecule has 2 rings (SSSR count). The zero-order valence-corrected chi connectivity index (χ0v) is 14.6. The van der Waals surface area contributed by atoms with Gasteiger partial charge in [0.2, 0.25) is 0 Å². The molecule has 0 aliphatic rings. The highest BCUT2D eigenvalue weighted by molar-refractivity contribution is 5.93. The molecule has 0 aromatic carbocycles. The molecule has 6 nitrogen and oxygen atoms in total. The van der Waals surface area contributed by atoms with Crippen LogP contribution in [0.2, 0.25) is 0 Å². The van der Waals surface area contributed by atoms with Crippen LogP contribution in [0.3, 0.4) is 0 Å². The Hall–Kier alpha value is -2.50. The molecule has 1 N–H and O–H groups in total. The molecule has 1 amide bonds. The standard InChI is InChI=1S/C18H25N5O/c1-4-9-23(10-5-2)18(24)16-11-17(22-14(3)21-16)20-13-15-7-6-8-19-12-15/h6-8,11-12H,4-5,9-10,13H2,1-3H3,(H,20,21,22). The average molecular weight is 327 g/mol. The van der Waals surface area contributed by atoms with Crippen molar-refractivity contribution in [3.63, 3.8) is 0 Å². The number of anilines is 1. The van der Waals surface area contributed by atoms with Crippen LogP contribution in [0.15, 0.2) is 30.6 Å². The Kier molecular flexibility index (Phi) is 6.66. The van der Waals surface area contributed by atoms with Crippen molar-refractivity contribution in [2.24, 2.45) is 0 Å². The molecule has 6 heteroatoms. The largest absolute Gasteiger partial charge is 0.366 e. The van der Waals surface area contributed by atoms with E-state index in [2.05, 4.69) is 34.1 Å². The lowest BCUT2D eigenvalue weighted by atomic mass is 10.2. The van der Waals surface area contributed by atoms with Crippen LogP contribution in [-0.2, 0) is 6.54 Å². The molecule has 0 unspecified atom stereocenters. The fraction of sp³-hybridized carbons (Fsp3) is 0.444. The lowest BCUT2D eigenvalue weighted by Crippen LogP contribution is -2.33. The Balaban J connectivity index is 2.13. The topological polar surface area (TPSA) is 71.0 Å². The molecule has 0 aliphatic heterocycles. The normalized spacial score (nSPS) is 10.5. The number of pyridine rings is 1. The molecule has 2 aromatic heterocycles. The van der Waals surface area contributed by atoms with Gasteiger partial charge >= 0.3 is 0 Å². The number of rotatable bonds is 8. The van der Waals surface area contributed by atoms with E-state index in [0.717, 1.165) is 31.5 Å². The van der Waals surface area contributed by atoms with Crippen LogP contribution in [0.4, 0.5) is 5.82 Å². The van der Waals surface area contributed by atoms with Crippen molar-refractivity contribution >= 4 is 11.7 Å². The minimum atomic E-state index is -0.0337. The van der Waals surface area contributed by atoms with E-state index in [0.29, 0.717) is 23.9 Å². The summed E-state index contributed by atoms with van der Waals surface area (Å²) >= 11 is 0. The first-order chi connectivity index (χ1) is 11.6. The third-order valence-electron chi connectivity index (χ3n) is 3.53. The van der Waals surface area contributed by atoms with Crippen molar-refractivity contribution in [1.82, 2.24) is 19.9 Å². The quantitative estimate of drug-likeness (QED) is 0.807. The second kappa shape index (κ2) is 8.96. The maximum absolute atomic E-state index is 12.7. The molecule has 0 bridgehead atoms. The summed E-state index contributed by atoms with van der Waals surface area (Å²) in [4.78, 5) is 27.3. The minimum absolute atomic E-state index is 0.0337. The molecule has 24 heavy (non-hydrogen) atoms. The van der Waals surface area contributed by atoms with Gasteiger partial charge in [-0.05, 0) is 31.4 Å². The van der Waals surface area contributed by atoms with Crippen LogP contribution in [0, 0.1) is 6.92 Å². The van der Waals surface area contributed by atoms with E-state index < -0.39 is 0 Å². The summed E-state index contributed by atoms with van der Waals surface area (Å²) in [5.74, 6) is 1.21.